The first-order valence-corrected chi connectivity index (χ1v) is 10.2. The first-order valence-electron chi connectivity index (χ1n) is 10.2. The fourth-order valence-electron chi connectivity index (χ4n) is 3.24. The zero-order chi connectivity index (χ0) is 21.6. The zero-order valence-electron chi connectivity index (χ0n) is 17.4. The van der Waals surface area contributed by atoms with Crippen molar-refractivity contribution in [2.24, 2.45) is 5.92 Å². The van der Waals surface area contributed by atoms with Gasteiger partial charge in [-0.3, -0.25) is 14.8 Å². The summed E-state index contributed by atoms with van der Waals surface area (Å²) in [7, 11) is 0. The topological polar surface area (TPSA) is 85.6 Å². The van der Waals surface area contributed by atoms with Crippen LogP contribution in [0.4, 0.5) is 0 Å². The van der Waals surface area contributed by atoms with Crippen molar-refractivity contribution in [1.29, 1.82) is 0 Å². The van der Waals surface area contributed by atoms with Gasteiger partial charge in [-0.2, -0.15) is 0 Å². The number of rotatable bonds is 8. The van der Waals surface area contributed by atoms with Gasteiger partial charge in [0.15, 0.2) is 5.82 Å². The van der Waals surface area contributed by atoms with E-state index in [-0.39, 0.29) is 5.91 Å². The lowest BCUT2D eigenvalue weighted by molar-refractivity contribution is 0.0962. The van der Waals surface area contributed by atoms with Crippen LogP contribution >= 0.6 is 0 Å². The Morgan fingerprint density at radius 1 is 1.29 bits per heavy atom. The number of nitrogens with zero attached hydrogens (tertiary/aromatic N) is 5. The SMILES string of the molecule is C=C/C(=C\C(=C/C)c1nncn1CC1CC1)NC(=O)c1cc(-c2cccnc2)ccn1. The third kappa shape index (κ3) is 5.01. The normalized spacial score (nSPS) is 14.4. The lowest BCUT2D eigenvalue weighted by atomic mass is 10.1. The summed E-state index contributed by atoms with van der Waals surface area (Å²) in [6.45, 7) is 6.69. The Hall–Kier alpha value is -3.87. The third-order valence-corrected chi connectivity index (χ3v) is 5.11. The molecule has 0 atom stereocenters. The maximum Gasteiger partial charge on any atom is 0.274 e. The summed E-state index contributed by atoms with van der Waals surface area (Å²) >= 11 is 0. The third-order valence-electron chi connectivity index (χ3n) is 5.11. The van der Waals surface area contributed by atoms with Crippen LogP contribution in [0.25, 0.3) is 16.7 Å². The summed E-state index contributed by atoms with van der Waals surface area (Å²) < 4.78 is 2.06. The minimum absolute atomic E-state index is 0.313. The lowest BCUT2D eigenvalue weighted by Gasteiger charge is -2.10. The largest absolute Gasteiger partial charge is 0.321 e. The van der Waals surface area contributed by atoms with Gasteiger partial charge in [-0.15, -0.1) is 10.2 Å². The van der Waals surface area contributed by atoms with E-state index < -0.39 is 0 Å². The monoisotopic (exact) mass is 412 g/mol. The highest BCUT2D eigenvalue weighted by atomic mass is 16.1. The highest BCUT2D eigenvalue weighted by Gasteiger charge is 2.23. The Bertz CT molecular complexity index is 1140. The molecule has 1 aliphatic rings. The highest BCUT2D eigenvalue weighted by molar-refractivity contribution is 5.95. The maximum atomic E-state index is 12.8. The van der Waals surface area contributed by atoms with Crippen molar-refractivity contribution in [2.45, 2.75) is 26.3 Å². The fourth-order valence-corrected chi connectivity index (χ4v) is 3.24. The van der Waals surface area contributed by atoms with Crippen molar-refractivity contribution < 1.29 is 4.79 Å². The lowest BCUT2D eigenvalue weighted by Crippen LogP contribution is -2.23. The van der Waals surface area contributed by atoms with E-state index >= 15 is 0 Å². The minimum atomic E-state index is -0.313. The van der Waals surface area contributed by atoms with Crippen molar-refractivity contribution in [1.82, 2.24) is 30.0 Å². The van der Waals surface area contributed by atoms with E-state index in [4.69, 9.17) is 0 Å². The fraction of sp³-hybridized carbons (Fsp3) is 0.208. The molecule has 0 bridgehead atoms. The van der Waals surface area contributed by atoms with Crippen molar-refractivity contribution >= 4 is 11.5 Å². The van der Waals surface area contributed by atoms with E-state index in [1.165, 1.54) is 12.8 Å². The standard InChI is InChI=1S/C24H24N6O/c1-3-18(23-29-27-16-30(23)15-17-7-8-17)12-21(4-2)28-24(31)22-13-19(9-11-26-22)20-6-5-10-25-14-20/h3-6,9-14,16-17H,2,7-8,15H2,1H3,(H,28,31)/b18-3+,21-12+. The van der Waals surface area contributed by atoms with E-state index in [1.54, 1.807) is 37.1 Å². The van der Waals surface area contributed by atoms with Gasteiger partial charge in [0, 0.05) is 42.0 Å². The second kappa shape index (κ2) is 9.30. The van der Waals surface area contributed by atoms with Crippen LogP contribution in [0.1, 0.15) is 36.1 Å². The molecule has 0 aliphatic heterocycles. The first-order chi connectivity index (χ1) is 15.2. The van der Waals surface area contributed by atoms with Crippen LogP contribution in [0.2, 0.25) is 0 Å². The number of hydrogen-bond acceptors (Lipinski definition) is 5. The molecule has 7 heteroatoms. The second-order valence-corrected chi connectivity index (χ2v) is 7.42. The molecule has 1 saturated carbocycles. The van der Waals surface area contributed by atoms with Crippen LogP contribution in [0.3, 0.4) is 0 Å². The van der Waals surface area contributed by atoms with Gasteiger partial charge in [-0.05, 0) is 61.6 Å². The summed E-state index contributed by atoms with van der Waals surface area (Å²) in [4.78, 5) is 21.2. The van der Waals surface area contributed by atoms with E-state index in [0.29, 0.717) is 17.3 Å². The van der Waals surface area contributed by atoms with Crippen LogP contribution in [0, 0.1) is 5.92 Å². The van der Waals surface area contributed by atoms with Crippen molar-refractivity contribution in [2.75, 3.05) is 0 Å². The highest BCUT2D eigenvalue weighted by Crippen LogP contribution is 2.31. The molecule has 1 aliphatic carbocycles. The summed E-state index contributed by atoms with van der Waals surface area (Å²) in [5.41, 5.74) is 3.54. The number of hydrogen-bond donors (Lipinski definition) is 1. The van der Waals surface area contributed by atoms with Gasteiger partial charge in [-0.25, -0.2) is 0 Å². The number of amides is 1. The number of allylic oxidation sites excluding steroid dienone is 4. The van der Waals surface area contributed by atoms with Crippen LogP contribution in [-0.2, 0) is 6.54 Å². The quantitative estimate of drug-likeness (QED) is 0.564. The van der Waals surface area contributed by atoms with E-state index in [9.17, 15) is 4.79 Å². The molecule has 3 heterocycles. The van der Waals surface area contributed by atoms with Gasteiger partial charge in [0.25, 0.3) is 5.91 Å². The average Bonchev–Trinajstić information content (AvgIpc) is 3.52. The summed E-state index contributed by atoms with van der Waals surface area (Å²) in [6.07, 6.45) is 14.7. The number of pyridine rings is 2. The molecule has 4 rings (SSSR count). The van der Waals surface area contributed by atoms with E-state index in [1.807, 2.05) is 37.3 Å². The van der Waals surface area contributed by atoms with E-state index in [2.05, 4.69) is 36.6 Å². The zero-order valence-corrected chi connectivity index (χ0v) is 17.4. The Morgan fingerprint density at radius 2 is 2.16 bits per heavy atom. The van der Waals surface area contributed by atoms with Crippen LogP contribution in [0.5, 0.6) is 0 Å². The molecule has 3 aromatic heterocycles. The molecule has 1 N–H and O–H groups in total. The molecular weight excluding hydrogens is 388 g/mol. The smallest absolute Gasteiger partial charge is 0.274 e. The predicted molar refractivity (Wildman–Crippen MR) is 120 cm³/mol. The Morgan fingerprint density at radius 3 is 2.87 bits per heavy atom. The van der Waals surface area contributed by atoms with Gasteiger partial charge >= 0.3 is 0 Å². The number of carbonyl (C=O) groups is 1. The molecule has 0 radical (unpaired) electrons. The van der Waals surface area contributed by atoms with Crippen molar-refractivity contribution in [3.05, 3.63) is 91.2 Å². The molecule has 0 spiro atoms. The minimum Gasteiger partial charge on any atom is -0.321 e. The Labute approximate surface area is 181 Å². The number of aromatic nitrogens is 5. The van der Waals surface area contributed by atoms with Crippen LogP contribution in [0.15, 0.2) is 79.7 Å². The van der Waals surface area contributed by atoms with Crippen molar-refractivity contribution in [3.8, 4) is 11.1 Å². The number of nitrogens with one attached hydrogen (secondary N) is 1. The molecule has 156 valence electrons. The number of carbonyl (C=O) groups excluding carboxylic acids is 1. The maximum absolute atomic E-state index is 12.8. The molecule has 7 nitrogen and oxygen atoms in total. The molecule has 0 unspecified atom stereocenters. The molecule has 0 saturated heterocycles. The summed E-state index contributed by atoms with van der Waals surface area (Å²) in [5, 5.41) is 11.2. The van der Waals surface area contributed by atoms with E-state index in [0.717, 1.165) is 29.1 Å². The average molecular weight is 412 g/mol. The van der Waals surface area contributed by atoms with Gasteiger partial charge < -0.3 is 9.88 Å². The second-order valence-electron chi connectivity index (χ2n) is 7.42. The Balaban J connectivity index is 1.53. The van der Waals surface area contributed by atoms with Gasteiger partial charge in [0.2, 0.25) is 0 Å². The van der Waals surface area contributed by atoms with Crippen LogP contribution in [-0.4, -0.2) is 30.6 Å². The molecule has 0 aromatic carbocycles. The summed E-state index contributed by atoms with van der Waals surface area (Å²) in [6, 6.07) is 7.39. The predicted octanol–water partition coefficient (Wildman–Crippen LogP) is 4.05. The first kappa shape index (κ1) is 20.4. The van der Waals surface area contributed by atoms with Gasteiger partial charge in [0.05, 0.1) is 0 Å². The van der Waals surface area contributed by atoms with Crippen molar-refractivity contribution in [3.63, 3.8) is 0 Å². The molecule has 3 aromatic rings. The molecular formula is C24H24N6O. The Kier molecular flexibility index (Phi) is 6.12. The summed E-state index contributed by atoms with van der Waals surface area (Å²) in [5.74, 6) is 1.17. The van der Waals surface area contributed by atoms with Gasteiger partial charge in [0.1, 0.15) is 12.0 Å². The van der Waals surface area contributed by atoms with Crippen LogP contribution < -0.4 is 5.32 Å². The molecule has 1 amide bonds. The van der Waals surface area contributed by atoms with Gasteiger partial charge in [-0.1, -0.05) is 18.7 Å². The molecule has 1 fully saturated rings. The molecule has 31 heavy (non-hydrogen) atoms.